The van der Waals surface area contributed by atoms with Crippen molar-refractivity contribution in [1.29, 1.82) is 0 Å². The number of amides is 2. The lowest BCUT2D eigenvalue weighted by Gasteiger charge is -2.30. The summed E-state index contributed by atoms with van der Waals surface area (Å²) in [6.07, 6.45) is 1.25. The first kappa shape index (κ1) is 22.4. The van der Waals surface area contributed by atoms with Gasteiger partial charge in [-0.2, -0.15) is 0 Å². The highest BCUT2D eigenvalue weighted by molar-refractivity contribution is 5.91. The van der Waals surface area contributed by atoms with Crippen molar-refractivity contribution in [3.05, 3.63) is 59.7 Å². The summed E-state index contributed by atoms with van der Waals surface area (Å²) < 4.78 is 10.9. The predicted octanol–water partition coefficient (Wildman–Crippen LogP) is 3.20. The first-order valence-corrected chi connectivity index (χ1v) is 11.8. The van der Waals surface area contributed by atoms with E-state index in [9.17, 15) is 19.5 Å². The molecule has 8 nitrogen and oxygen atoms in total. The Morgan fingerprint density at radius 3 is 2.24 bits per heavy atom. The van der Waals surface area contributed by atoms with Crippen LogP contribution in [0.1, 0.15) is 49.1 Å². The third-order valence-corrected chi connectivity index (χ3v) is 7.23. The maximum absolute atomic E-state index is 13.2. The van der Waals surface area contributed by atoms with Crippen LogP contribution in [0.3, 0.4) is 0 Å². The van der Waals surface area contributed by atoms with E-state index in [2.05, 4.69) is 34.9 Å². The molecule has 1 aliphatic heterocycles. The predicted molar refractivity (Wildman–Crippen MR) is 123 cm³/mol. The average Bonchev–Trinajstić information content (AvgIpc) is 3.56. The summed E-state index contributed by atoms with van der Waals surface area (Å²) in [5.74, 6) is -1.55. The molecule has 2 amide bonds. The second-order valence-corrected chi connectivity index (χ2v) is 9.24. The number of carbonyl (C=O) groups excluding carboxylic acids is 2. The van der Waals surface area contributed by atoms with Gasteiger partial charge in [-0.05, 0) is 41.5 Å². The summed E-state index contributed by atoms with van der Waals surface area (Å²) in [7, 11) is 0. The number of ether oxygens (including phenoxy) is 2. The number of carboxylic acid groups (broad SMARTS) is 1. The topological polar surface area (TPSA) is 114 Å². The number of aliphatic carboxylic acids is 1. The molecule has 8 heteroatoms. The van der Waals surface area contributed by atoms with Crippen LogP contribution in [0.5, 0.6) is 0 Å². The Balaban J connectivity index is 1.26. The van der Waals surface area contributed by atoms with Crippen molar-refractivity contribution in [3.8, 4) is 11.1 Å². The van der Waals surface area contributed by atoms with Gasteiger partial charge in [0.05, 0.1) is 6.04 Å². The molecule has 2 aliphatic carbocycles. The second-order valence-electron chi connectivity index (χ2n) is 9.24. The van der Waals surface area contributed by atoms with Crippen LogP contribution < -0.4 is 10.6 Å². The van der Waals surface area contributed by atoms with E-state index in [0.717, 1.165) is 35.1 Å². The molecule has 3 N–H and O–H groups in total. The SMILES string of the molecule is O=C(NC1(C(=O)N[C@H]2CCO[C@H]2C(=O)O)CCCC1)OCC1c2ccccc2-c2ccccc21. The molecule has 34 heavy (non-hydrogen) atoms. The Morgan fingerprint density at radius 2 is 1.62 bits per heavy atom. The number of hydrogen-bond acceptors (Lipinski definition) is 5. The van der Waals surface area contributed by atoms with Crippen molar-refractivity contribution in [3.63, 3.8) is 0 Å². The first-order valence-electron chi connectivity index (χ1n) is 11.8. The molecule has 2 aromatic carbocycles. The Bertz CT molecular complexity index is 1060. The van der Waals surface area contributed by atoms with Crippen molar-refractivity contribution >= 4 is 18.0 Å². The molecule has 2 aromatic rings. The van der Waals surface area contributed by atoms with Crippen LogP contribution in [0.25, 0.3) is 11.1 Å². The molecule has 1 saturated carbocycles. The Kier molecular flexibility index (Phi) is 6.00. The van der Waals surface area contributed by atoms with Gasteiger partial charge in [-0.15, -0.1) is 0 Å². The summed E-state index contributed by atoms with van der Waals surface area (Å²) >= 11 is 0. The van der Waals surface area contributed by atoms with Gasteiger partial charge in [0.2, 0.25) is 5.91 Å². The summed E-state index contributed by atoms with van der Waals surface area (Å²) in [6.45, 7) is 0.434. The molecule has 178 valence electrons. The van der Waals surface area contributed by atoms with Gasteiger partial charge < -0.3 is 25.2 Å². The van der Waals surface area contributed by atoms with Crippen molar-refractivity contribution < 1.29 is 29.0 Å². The molecule has 0 bridgehead atoms. The lowest BCUT2D eigenvalue weighted by Crippen LogP contribution is -2.60. The number of carbonyl (C=O) groups is 3. The molecule has 1 heterocycles. The zero-order valence-electron chi connectivity index (χ0n) is 18.8. The number of alkyl carbamates (subject to hydrolysis) is 1. The van der Waals surface area contributed by atoms with Gasteiger partial charge in [0.15, 0.2) is 6.10 Å². The molecule has 0 aromatic heterocycles. The maximum Gasteiger partial charge on any atom is 0.408 e. The molecule has 1 saturated heterocycles. The van der Waals surface area contributed by atoms with Gasteiger partial charge in [0, 0.05) is 12.5 Å². The van der Waals surface area contributed by atoms with Crippen LogP contribution >= 0.6 is 0 Å². The highest BCUT2D eigenvalue weighted by Crippen LogP contribution is 2.44. The monoisotopic (exact) mass is 464 g/mol. The van der Waals surface area contributed by atoms with Gasteiger partial charge >= 0.3 is 12.1 Å². The molecule has 2 atom stereocenters. The second kappa shape index (κ2) is 9.10. The normalized spacial score (nSPS) is 22.6. The quantitative estimate of drug-likeness (QED) is 0.605. The molecule has 0 spiro atoms. The molecule has 3 aliphatic rings. The third-order valence-electron chi connectivity index (χ3n) is 7.23. The van der Waals surface area contributed by atoms with Crippen molar-refractivity contribution in [1.82, 2.24) is 10.6 Å². The fourth-order valence-corrected chi connectivity index (χ4v) is 5.50. The van der Waals surface area contributed by atoms with E-state index in [1.807, 2.05) is 24.3 Å². The van der Waals surface area contributed by atoms with Crippen LogP contribution in [-0.4, -0.2) is 54.0 Å². The Morgan fingerprint density at radius 1 is 1.00 bits per heavy atom. The van der Waals surface area contributed by atoms with E-state index in [1.54, 1.807) is 0 Å². The molecule has 2 fully saturated rings. The van der Waals surface area contributed by atoms with E-state index >= 15 is 0 Å². The van der Waals surface area contributed by atoms with Crippen LogP contribution in [0.15, 0.2) is 48.5 Å². The van der Waals surface area contributed by atoms with Gasteiger partial charge in [0.1, 0.15) is 12.1 Å². The number of rotatable bonds is 6. The summed E-state index contributed by atoms with van der Waals surface area (Å²) in [6, 6.07) is 15.6. The van der Waals surface area contributed by atoms with E-state index in [0.29, 0.717) is 19.3 Å². The lowest BCUT2D eigenvalue weighted by atomic mass is 9.95. The van der Waals surface area contributed by atoms with Crippen molar-refractivity contribution in [2.45, 2.75) is 55.7 Å². The number of carboxylic acids is 1. The van der Waals surface area contributed by atoms with E-state index in [4.69, 9.17) is 9.47 Å². The van der Waals surface area contributed by atoms with E-state index < -0.39 is 29.7 Å². The van der Waals surface area contributed by atoms with Gasteiger partial charge in [-0.25, -0.2) is 9.59 Å². The highest BCUT2D eigenvalue weighted by Gasteiger charge is 2.46. The van der Waals surface area contributed by atoms with E-state index in [-0.39, 0.29) is 25.0 Å². The highest BCUT2D eigenvalue weighted by atomic mass is 16.5. The minimum atomic E-state index is -1.10. The summed E-state index contributed by atoms with van der Waals surface area (Å²) in [5, 5.41) is 14.9. The molecular formula is C26H28N2O6. The third kappa shape index (κ3) is 4.03. The van der Waals surface area contributed by atoms with Gasteiger partial charge in [-0.1, -0.05) is 61.4 Å². The Labute approximate surface area is 197 Å². The fourth-order valence-electron chi connectivity index (χ4n) is 5.50. The van der Waals surface area contributed by atoms with Crippen LogP contribution in [0, 0.1) is 0 Å². The van der Waals surface area contributed by atoms with Crippen LogP contribution in [0.2, 0.25) is 0 Å². The standard InChI is InChI=1S/C26H28N2O6/c29-23(30)22-21(11-14-33-22)27-24(31)26(12-5-6-13-26)28-25(32)34-15-20-18-9-3-1-7-16(18)17-8-2-4-10-19(17)20/h1-4,7-10,20-22H,5-6,11-15H2,(H,27,31)(H,28,32)(H,29,30)/t21-,22+/m0/s1. The van der Waals surface area contributed by atoms with Gasteiger partial charge in [0.25, 0.3) is 0 Å². The van der Waals surface area contributed by atoms with Crippen molar-refractivity contribution in [2.24, 2.45) is 0 Å². The largest absolute Gasteiger partial charge is 0.479 e. The van der Waals surface area contributed by atoms with Crippen LogP contribution in [0.4, 0.5) is 4.79 Å². The molecular weight excluding hydrogens is 436 g/mol. The fraction of sp³-hybridized carbons (Fsp3) is 0.423. The van der Waals surface area contributed by atoms with Crippen LogP contribution in [-0.2, 0) is 19.1 Å². The minimum Gasteiger partial charge on any atom is -0.479 e. The first-order chi connectivity index (χ1) is 16.5. The summed E-state index contributed by atoms with van der Waals surface area (Å²) in [5.41, 5.74) is 3.42. The number of nitrogens with one attached hydrogen (secondary N) is 2. The molecule has 5 rings (SSSR count). The number of hydrogen-bond donors (Lipinski definition) is 3. The summed E-state index contributed by atoms with van der Waals surface area (Å²) in [4.78, 5) is 37.4. The molecule has 0 radical (unpaired) electrons. The van der Waals surface area contributed by atoms with Crippen molar-refractivity contribution in [2.75, 3.05) is 13.2 Å². The minimum absolute atomic E-state index is 0.0709. The Hall–Kier alpha value is -3.39. The zero-order chi connectivity index (χ0) is 23.7. The van der Waals surface area contributed by atoms with E-state index in [1.165, 1.54) is 0 Å². The maximum atomic E-state index is 13.2. The molecule has 0 unspecified atom stereocenters. The lowest BCUT2D eigenvalue weighted by molar-refractivity contribution is -0.148. The smallest absolute Gasteiger partial charge is 0.408 e. The number of fused-ring (bicyclic) bond motifs is 3. The zero-order valence-corrected chi connectivity index (χ0v) is 18.8. The van der Waals surface area contributed by atoms with Gasteiger partial charge in [-0.3, -0.25) is 4.79 Å². The number of benzene rings is 2. The average molecular weight is 465 g/mol.